The number of rotatable bonds is 6. The lowest BCUT2D eigenvalue weighted by molar-refractivity contribution is -0.137. The number of thioether (sulfide) groups is 1. The minimum Gasteiger partial charge on any atom is -0.462 e. The highest BCUT2D eigenvalue weighted by Crippen LogP contribution is 2.01. The summed E-state index contributed by atoms with van der Waals surface area (Å²) in [6, 6.07) is 9.69. The number of carbonyl (C=O) groups excluding carboxylic acids is 1. The van der Waals surface area contributed by atoms with E-state index >= 15 is 0 Å². The van der Waals surface area contributed by atoms with E-state index in [0.29, 0.717) is 6.61 Å². The van der Waals surface area contributed by atoms with Crippen LogP contribution in [-0.4, -0.2) is 24.6 Å². The minimum atomic E-state index is -0.273. The average Bonchev–Trinajstić information content (AvgIpc) is 2.33. The third kappa shape index (κ3) is 5.61. The molecule has 16 heavy (non-hydrogen) atoms. The van der Waals surface area contributed by atoms with E-state index in [1.54, 1.807) is 17.8 Å². The Balaban J connectivity index is 2.26. The van der Waals surface area contributed by atoms with Crippen molar-refractivity contribution in [2.75, 3.05) is 18.6 Å². The number of esters is 1. The highest BCUT2D eigenvalue weighted by atomic mass is 32.2. The summed E-state index contributed by atoms with van der Waals surface area (Å²) in [5.74, 6) is 0.750. The Kier molecular flexibility index (Phi) is 6.42. The van der Waals surface area contributed by atoms with Gasteiger partial charge < -0.3 is 4.74 Å². The van der Waals surface area contributed by atoms with E-state index in [1.807, 2.05) is 36.6 Å². The Morgan fingerprint density at radius 2 is 2.12 bits per heavy atom. The molecule has 0 radical (unpaired) electrons. The van der Waals surface area contributed by atoms with Gasteiger partial charge in [-0.25, -0.2) is 4.79 Å². The van der Waals surface area contributed by atoms with E-state index in [1.165, 1.54) is 6.08 Å². The molecule has 0 aliphatic heterocycles. The molecule has 1 rings (SSSR count). The van der Waals surface area contributed by atoms with Crippen LogP contribution in [-0.2, 0) is 9.53 Å². The van der Waals surface area contributed by atoms with Crippen molar-refractivity contribution >= 4 is 23.8 Å². The van der Waals surface area contributed by atoms with Crippen LogP contribution in [0.5, 0.6) is 0 Å². The molecule has 1 aromatic rings. The van der Waals surface area contributed by atoms with Crippen LogP contribution >= 0.6 is 11.8 Å². The molecule has 0 fully saturated rings. The molecule has 0 aromatic heterocycles. The predicted octanol–water partition coefficient (Wildman–Crippen LogP) is 3.00. The van der Waals surface area contributed by atoms with E-state index in [2.05, 4.69) is 0 Å². The third-order valence-electron chi connectivity index (χ3n) is 1.95. The van der Waals surface area contributed by atoms with Gasteiger partial charge in [-0.3, -0.25) is 0 Å². The Labute approximate surface area is 101 Å². The number of ether oxygens (including phenoxy) is 1. The molecule has 0 heterocycles. The molecule has 0 amide bonds. The summed E-state index contributed by atoms with van der Waals surface area (Å²) in [4.78, 5) is 11.3. The van der Waals surface area contributed by atoms with Gasteiger partial charge in [0.25, 0.3) is 0 Å². The summed E-state index contributed by atoms with van der Waals surface area (Å²) in [6.45, 7) is 0.499. The molecule has 2 nitrogen and oxygen atoms in total. The fraction of sp³-hybridized carbons (Fsp3) is 0.308. The SMILES string of the molecule is CSCCCOC(=O)C=Cc1ccccc1. The molecular formula is C13H16O2S. The maximum atomic E-state index is 11.3. The second kappa shape index (κ2) is 7.99. The molecule has 0 atom stereocenters. The largest absolute Gasteiger partial charge is 0.462 e. The van der Waals surface area contributed by atoms with Crippen molar-refractivity contribution < 1.29 is 9.53 Å². The first-order chi connectivity index (χ1) is 7.83. The fourth-order valence-electron chi connectivity index (χ4n) is 1.15. The standard InChI is InChI=1S/C13H16O2S/c1-16-11-5-10-15-13(14)9-8-12-6-3-2-4-7-12/h2-4,6-9H,5,10-11H2,1H3. The van der Waals surface area contributed by atoms with E-state index in [9.17, 15) is 4.79 Å². The first kappa shape index (κ1) is 12.8. The minimum absolute atomic E-state index is 0.273. The number of benzene rings is 1. The van der Waals surface area contributed by atoms with Crippen LogP contribution < -0.4 is 0 Å². The number of carbonyl (C=O) groups is 1. The van der Waals surface area contributed by atoms with Gasteiger partial charge in [-0.2, -0.15) is 11.8 Å². The van der Waals surface area contributed by atoms with Crippen molar-refractivity contribution in [2.45, 2.75) is 6.42 Å². The van der Waals surface area contributed by atoms with Crippen LogP contribution in [0.3, 0.4) is 0 Å². The second-order valence-electron chi connectivity index (χ2n) is 3.26. The lowest BCUT2D eigenvalue weighted by Gasteiger charge is -1.99. The molecule has 0 aliphatic rings. The Morgan fingerprint density at radius 1 is 1.38 bits per heavy atom. The van der Waals surface area contributed by atoms with Gasteiger partial charge in [0.15, 0.2) is 0 Å². The van der Waals surface area contributed by atoms with E-state index in [0.717, 1.165) is 17.7 Å². The summed E-state index contributed by atoms with van der Waals surface area (Å²) in [5, 5.41) is 0. The molecule has 0 unspecified atom stereocenters. The van der Waals surface area contributed by atoms with Crippen molar-refractivity contribution in [2.24, 2.45) is 0 Å². The Hall–Kier alpha value is -1.22. The summed E-state index contributed by atoms with van der Waals surface area (Å²) in [6.07, 6.45) is 6.18. The molecule has 3 heteroatoms. The van der Waals surface area contributed by atoms with Gasteiger partial charge in [0.1, 0.15) is 0 Å². The number of hydrogen-bond acceptors (Lipinski definition) is 3. The van der Waals surface area contributed by atoms with Gasteiger partial charge in [0.05, 0.1) is 6.61 Å². The zero-order chi connectivity index (χ0) is 11.6. The van der Waals surface area contributed by atoms with Gasteiger partial charge in [-0.15, -0.1) is 0 Å². The molecule has 0 saturated heterocycles. The summed E-state index contributed by atoms with van der Waals surface area (Å²) >= 11 is 1.75. The summed E-state index contributed by atoms with van der Waals surface area (Å²) < 4.78 is 5.03. The highest BCUT2D eigenvalue weighted by Gasteiger charge is 1.95. The predicted molar refractivity (Wildman–Crippen MR) is 69.4 cm³/mol. The van der Waals surface area contributed by atoms with Crippen LogP contribution in [0.2, 0.25) is 0 Å². The second-order valence-corrected chi connectivity index (χ2v) is 4.24. The van der Waals surface area contributed by atoms with Crippen LogP contribution in [0.25, 0.3) is 6.08 Å². The van der Waals surface area contributed by atoms with Gasteiger partial charge in [0.2, 0.25) is 0 Å². The molecule has 1 aromatic carbocycles. The van der Waals surface area contributed by atoms with Crippen molar-refractivity contribution in [3.8, 4) is 0 Å². The maximum absolute atomic E-state index is 11.3. The van der Waals surface area contributed by atoms with Crippen LogP contribution in [0.1, 0.15) is 12.0 Å². The van der Waals surface area contributed by atoms with Crippen molar-refractivity contribution in [3.05, 3.63) is 42.0 Å². The summed E-state index contributed by atoms with van der Waals surface area (Å²) in [7, 11) is 0. The Bertz CT molecular complexity index is 333. The molecule has 0 saturated carbocycles. The zero-order valence-electron chi connectivity index (χ0n) is 9.39. The van der Waals surface area contributed by atoms with Crippen LogP contribution in [0.15, 0.2) is 36.4 Å². The van der Waals surface area contributed by atoms with Gasteiger partial charge >= 0.3 is 5.97 Å². The lowest BCUT2D eigenvalue weighted by atomic mass is 10.2. The number of hydrogen-bond donors (Lipinski definition) is 0. The topological polar surface area (TPSA) is 26.3 Å². The van der Waals surface area contributed by atoms with Crippen LogP contribution in [0, 0.1) is 0 Å². The first-order valence-electron chi connectivity index (χ1n) is 5.22. The fourth-order valence-corrected chi connectivity index (χ4v) is 1.56. The molecular weight excluding hydrogens is 220 g/mol. The van der Waals surface area contributed by atoms with E-state index < -0.39 is 0 Å². The normalized spacial score (nSPS) is 10.6. The smallest absolute Gasteiger partial charge is 0.330 e. The molecule has 0 N–H and O–H groups in total. The monoisotopic (exact) mass is 236 g/mol. The Morgan fingerprint density at radius 3 is 2.81 bits per heavy atom. The van der Waals surface area contributed by atoms with Crippen molar-refractivity contribution in [3.63, 3.8) is 0 Å². The average molecular weight is 236 g/mol. The first-order valence-corrected chi connectivity index (χ1v) is 6.61. The van der Waals surface area contributed by atoms with Gasteiger partial charge in [-0.05, 0) is 30.1 Å². The molecule has 0 aliphatic carbocycles. The van der Waals surface area contributed by atoms with Crippen LogP contribution in [0.4, 0.5) is 0 Å². The van der Waals surface area contributed by atoms with Crippen molar-refractivity contribution in [1.82, 2.24) is 0 Å². The van der Waals surface area contributed by atoms with Crippen molar-refractivity contribution in [1.29, 1.82) is 0 Å². The highest BCUT2D eigenvalue weighted by molar-refractivity contribution is 7.98. The molecule has 86 valence electrons. The summed E-state index contributed by atoms with van der Waals surface area (Å²) in [5.41, 5.74) is 1.00. The third-order valence-corrected chi connectivity index (χ3v) is 2.65. The molecule has 0 bridgehead atoms. The van der Waals surface area contributed by atoms with Gasteiger partial charge in [0, 0.05) is 6.08 Å². The quantitative estimate of drug-likeness (QED) is 0.431. The van der Waals surface area contributed by atoms with Gasteiger partial charge in [-0.1, -0.05) is 30.3 Å². The molecule has 0 spiro atoms. The maximum Gasteiger partial charge on any atom is 0.330 e. The lowest BCUT2D eigenvalue weighted by Crippen LogP contribution is -2.02. The van der Waals surface area contributed by atoms with E-state index in [4.69, 9.17) is 4.74 Å². The van der Waals surface area contributed by atoms with E-state index in [-0.39, 0.29) is 5.97 Å². The zero-order valence-corrected chi connectivity index (χ0v) is 10.2.